The lowest BCUT2D eigenvalue weighted by Gasteiger charge is -2.23. The van der Waals surface area contributed by atoms with Crippen LogP contribution in [0, 0.1) is 5.82 Å². The maximum Gasteiger partial charge on any atom is 0.446 e. The molecule has 1 aromatic carbocycles. The Labute approximate surface area is 155 Å². The summed E-state index contributed by atoms with van der Waals surface area (Å²) in [5, 5.41) is 0. The van der Waals surface area contributed by atoms with Crippen LogP contribution in [0.15, 0.2) is 58.8 Å². The van der Waals surface area contributed by atoms with Gasteiger partial charge in [0, 0.05) is 11.1 Å². The van der Waals surface area contributed by atoms with Crippen molar-refractivity contribution >= 4 is 29.4 Å². The van der Waals surface area contributed by atoms with E-state index in [0.29, 0.717) is 6.07 Å². The van der Waals surface area contributed by atoms with Crippen LogP contribution < -0.4 is 4.90 Å². The Bertz CT molecular complexity index is 846. The molecule has 1 aliphatic rings. The molecular formula is C17H13F4NO4S. The summed E-state index contributed by atoms with van der Waals surface area (Å²) in [5.41, 5.74) is -5.37. The number of ether oxygens (including phenoxy) is 2. The Hall–Kier alpha value is -2.75. The molecule has 0 saturated heterocycles. The first-order valence-electron chi connectivity index (χ1n) is 7.28. The number of nitrogens with zero attached hydrogens (tertiary/aromatic N) is 1. The summed E-state index contributed by atoms with van der Waals surface area (Å²) in [6, 6.07) is 2.80. The molecule has 144 valence electrons. The summed E-state index contributed by atoms with van der Waals surface area (Å²) < 4.78 is 61.2. The van der Waals surface area contributed by atoms with Crippen LogP contribution in [0.3, 0.4) is 0 Å². The van der Waals surface area contributed by atoms with Gasteiger partial charge in [-0.3, -0.25) is 0 Å². The zero-order chi connectivity index (χ0) is 20.2. The van der Waals surface area contributed by atoms with Crippen LogP contribution in [0.1, 0.15) is 0 Å². The predicted molar refractivity (Wildman–Crippen MR) is 90.1 cm³/mol. The molecule has 1 aromatic rings. The number of hydrogen-bond donors (Lipinski definition) is 0. The van der Waals surface area contributed by atoms with Crippen LogP contribution >= 0.6 is 11.8 Å². The number of thioether (sulfide) groups is 1. The second kappa shape index (κ2) is 8.30. The standard InChI is InChI=1S/C17H13F4NO4S/c1-25-15(23)11-5-3-4-8-22(14(11)16(24)26-2)13-7-6-10(9-12(13)18)27-17(19,20)21/h3-9H,1-2H3. The van der Waals surface area contributed by atoms with Gasteiger partial charge in [-0.2, -0.15) is 13.2 Å². The number of alkyl halides is 3. The van der Waals surface area contributed by atoms with Gasteiger partial charge >= 0.3 is 17.4 Å². The van der Waals surface area contributed by atoms with E-state index in [0.717, 1.165) is 31.3 Å². The van der Waals surface area contributed by atoms with Crippen LogP contribution in [0.5, 0.6) is 0 Å². The fourth-order valence-electron chi connectivity index (χ4n) is 2.23. The molecule has 1 aliphatic heterocycles. The van der Waals surface area contributed by atoms with Crippen molar-refractivity contribution in [1.29, 1.82) is 0 Å². The predicted octanol–water partition coefficient (Wildman–Crippen LogP) is 3.93. The first kappa shape index (κ1) is 20.6. The Kier molecular flexibility index (Phi) is 6.32. The molecule has 10 heteroatoms. The van der Waals surface area contributed by atoms with E-state index in [-0.39, 0.29) is 21.9 Å². The van der Waals surface area contributed by atoms with E-state index in [2.05, 4.69) is 9.47 Å². The van der Waals surface area contributed by atoms with E-state index >= 15 is 0 Å². The van der Waals surface area contributed by atoms with Crippen molar-refractivity contribution in [2.45, 2.75) is 10.4 Å². The van der Waals surface area contributed by atoms with Gasteiger partial charge in [0.25, 0.3) is 0 Å². The van der Waals surface area contributed by atoms with E-state index in [1.165, 1.54) is 24.4 Å². The van der Waals surface area contributed by atoms with Gasteiger partial charge < -0.3 is 14.4 Å². The molecule has 0 N–H and O–H groups in total. The largest absolute Gasteiger partial charge is 0.465 e. The minimum atomic E-state index is -4.57. The lowest BCUT2D eigenvalue weighted by Crippen LogP contribution is -2.27. The highest BCUT2D eigenvalue weighted by molar-refractivity contribution is 8.00. The topological polar surface area (TPSA) is 55.8 Å². The minimum Gasteiger partial charge on any atom is -0.465 e. The molecule has 0 fully saturated rings. The van der Waals surface area contributed by atoms with Crippen LogP contribution in [0.4, 0.5) is 23.2 Å². The highest BCUT2D eigenvalue weighted by atomic mass is 32.2. The van der Waals surface area contributed by atoms with Crippen LogP contribution in [-0.4, -0.2) is 31.7 Å². The SMILES string of the molecule is COC(=O)C1=C(C(=O)OC)N(c2ccc(SC(F)(F)F)cc2F)C=CC=C1. The van der Waals surface area contributed by atoms with Crippen LogP contribution in [-0.2, 0) is 19.1 Å². The number of carbonyl (C=O) groups is 2. The maximum absolute atomic E-state index is 14.5. The van der Waals surface area contributed by atoms with Crippen molar-refractivity contribution in [3.8, 4) is 0 Å². The fraction of sp³-hybridized carbons (Fsp3) is 0.176. The molecule has 1 heterocycles. The fourth-order valence-corrected chi connectivity index (χ4v) is 2.80. The maximum atomic E-state index is 14.5. The molecule has 0 radical (unpaired) electrons. The van der Waals surface area contributed by atoms with Gasteiger partial charge in [0.05, 0.1) is 25.5 Å². The molecule has 0 aromatic heterocycles. The highest BCUT2D eigenvalue weighted by Crippen LogP contribution is 2.39. The monoisotopic (exact) mass is 403 g/mol. The highest BCUT2D eigenvalue weighted by Gasteiger charge is 2.31. The number of rotatable bonds is 4. The number of esters is 2. The summed E-state index contributed by atoms with van der Waals surface area (Å²) in [7, 11) is 2.17. The zero-order valence-electron chi connectivity index (χ0n) is 14.0. The number of halogens is 4. The van der Waals surface area contributed by atoms with Crippen molar-refractivity contribution in [3.05, 3.63) is 59.7 Å². The molecule has 27 heavy (non-hydrogen) atoms. The van der Waals surface area contributed by atoms with E-state index in [9.17, 15) is 27.2 Å². The molecule has 0 spiro atoms. The van der Waals surface area contributed by atoms with Crippen molar-refractivity contribution in [2.75, 3.05) is 19.1 Å². The zero-order valence-corrected chi connectivity index (χ0v) is 14.9. The molecule has 0 amide bonds. The van der Waals surface area contributed by atoms with Crippen LogP contribution in [0.25, 0.3) is 0 Å². The van der Waals surface area contributed by atoms with Crippen molar-refractivity contribution in [2.24, 2.45) is 0 Å². The normalized spacial score (nSPS) is 14.2. The number of benzene rings is 1. The van der Waals surface area contributed by atoms with E-state index in [1.54, 1.807) is 0 Å². The quantitative estimate of drug-likeness (QED) is 0.432. The molecule has 5 nitrogen and oxygen atoms in total. The average molecular weight is 403 g/mol. The van der Waals surface area contributed by atoms with Gasteiger partial charge in [0.2, 0.25) is 0 Å². The van der Waals surface area contributed by atoms with E-state index in [4.69, 9.17) is 0 Å². The number of hydrogen-bond acceptors (Lipinski definition) is 6. The summed E-state index contributed by atoms with van der Waals surface area (Å²) >= 11 is -0.472. The van der Waals surface area contributed by atoms with Crippen molar-refractivity contribution in [1.82, 2.24) is 0 Å². The molecule has 0 saturated carbocycles. The number of allylic oxidation sites excluding steroid dienone is 2. The third-order valence-corrected chi connectivity index (χ3v) is 4.02. The first-order valence-corrected chi connectivity index (χ1v) is 8.10. The van der Waals surface area contributed by atoms with Gasteiger partial charge in [-0.1, -0.05) is 6.08 Å². The number of methoxy groups -OCH3 is 2. The molecule has 0 unspecified atom stereocenters. The van der Waals surface area contributed by atoms with Gasteiger partial charge in [-0.15, -0.1) is 0 Å². The summed E-state index contributed by atoms with van der Waals surface area (Å²) in [6.07, 6.45) is 5.38. The van der Waals surface area contributed by atoms with Gasteiger partial charge in [-0.05, 0) is 42.1 Å². The van der Waals surface area contributed by atoms with Gasteiger partial charge in [-0.25, -0.2) is 14.0 Å². The Morgan fingerprint density at radius 2 is 1.74 bits per heavy atom. The third kappa shape index (κ3) is 4.91. The van der Waals surface area contributed by atoms with E-state index in [1.807, 2.05) is 0 Å². The van der Waals surface area contributed by atoms with Gasteiger partial charge in [0.1, 0.15) is 11.5 Å². The smallest absolute Gasteiger partial charge is 0.446 e. The van der Waals surface area contributed by atoms with Crippen LogP contribution in [0.2, 0.25) is 0 Å². The van der Waals surface area contributed by atoms with E-state index < -0.39 is 35.0 Å². The molecule has 0 atom stereocenters. The van der Waals surface area contributed by atoms with Gasteiger partial charge in [0.15, 0.2) is 0 Å². The summed E-state index contributed by atoms with van der Waals surface area (Å²) in [6.45, 7) is 0. The Balaban J connectivity index is 2.57. The average Bonchev–Trinajstić information content (AvgIpc) is 2.82. The second-order valence-corrected chi connectivity index (χ2v) is 6.12. The summed E-state index contributed by atoms with van der Waals surface area (Å²) in [5.74, 6) is -2.86. The minimum absolute atomic E-state index is 0.206. The molecule has 0 bridgehead atoms. The molecular weight excluding hydrogens is 390 g/mol. The first-order chi connectivity index (χ1) is 12.7. The van der Waals surface area contributed by atoms with Crippen molar-refractivity contribution in [3.63, 3.8) is 0 Å². The lowest BCUT2D eigenvalue weighted by molar-refractivity contribution is -0.139. The number of anilines is 1. The Morgan fingerprint density at radius 1 is 1.07 bits per heavy atom. The lowest BCUT2D eigenvalue weighted by atomic mass is 10.1. The third-order valence-electron chi connectivity index (χ3n) is 3.30. The molecule has 0 aliphatic carbocycles. The molecule has 2 rings (SSSR count). The number of carbonyl (C=O) groups excluding carboxylic acids is 2. The summed E-state index contributed by atoms with van der Waals surface area (Å²) in [4.78, 5) is 24.9. The Morgan fingerprint density at radius 3 is 2.30 bits per heavy atom. The second-order valence-electron chi connectivity index (χ2n) is 4.98. The van der Waals surface area contributed by atoms with Crippen molar-refractivity contribution < 1.29 is 36.6 Å².